The highest BCUT2D eigenvalue weighted by molar-refractivity contribution is 5.86. The second kappa shape index (κ2) is 10.1. The van der Waals surface area contributed by atoms with E-state index >= 15 is 0 Å². The highest BCUT2D eigenvalue weighted by atomic mass is 16.2. The van der Waals surface area contributed by atoms with Gasteiger partial charge in [0.05, 0.1) is 0 Å². The molecular weight excluding hydrogens is 298 g/mol. The predicted molar refractivity (Wildman–Crippen MR) is 85.4 cm³/mol. The summed E-state index contributed by atoms with van der Waals surface area (Å²) in [4.78, 5) is 38.4. The smallest absolute Gasteiger partial charge is 0.312 e. The summed E-state index contributed by atoms with van der Waals surface area (Å²) in [5.41, 5.74) is 5.94. The third-order valence-corrected chi connectivity index (χ3v) is 3.12. The molecule has 0 aliphatic carbocycles. The lowest BCUT2D eigenvalue weighted by molar-refractivity contribution is -0.124. The van der Waals surface area contributed by atoms with Gasteiger partial charge in [0.1, 0.15) is 6.04 Å². The minimum atomic E-state index is -0.784. The van der Waals surface area contributed by atoms with E-state index in [2.05, 4.69) is 20.9 Å². The number of hydrogen-bond acceptors (Lipinski definition) is 4. The van der Waals surface area contributed by atoms with Crippen molar-refractivity contribution in [1.29, 1.82) is 0 Å². The van der Waals surface area contributed by atoms with Crippen LogP contribution in [0.3, 0.4) is 0 Å². The minimum Gasteiger partial charge on any atom is -0.356 e. The fraction of sp³-hybridized carbons (Fsp3) is 0.467. The van der Waals surface area contributed by atoms with E-state index in [1.54, 1.807) is 13.1 Å². The van der Waals surface area contributed by atoms with Gasteiger partial charge in [0.2, 0.25) is 11.8 Å². The van der Waals surface area contributed by atoms with Gasteiger partial charge in [-0.25, -0.2) is 4.79 Å². The van der Waals surface area contributed by atoms with Crippen molar-refractivity contribution in [2.45, 2.75) is 32.2 Å². The summed E-state index contributed by atoms with van der Waals surface area (Å²) >= 11 is 0. The Balaban J connectivity index is 2.41. The van der Waals surface area contributed by atoms with Crippen LogP contribution in [0.5, 0.6) is 0 Å². The number of nitrogens with two attached hydrogens (primary N) is 1. The van der Waals surface area contributed by atoms with E-state index in [0.717, 1.165) is 5.69 Å². The number of hydrogen-bond donors (Lipinski definition) is 4. The first kappa shape index (κ1) is 18.4. The number of carbonyl (C=O) groups excluding carboxylic acids is 3. The van der Waals surface area contributed by atoms with E-state index in [1.807, 2.05) is 18.2 Å². The molecule has 5 N–H and O–H groups in total. The topological polar surface area (TPSA) is 126 Å². The van der Waals surface area contributed by atoms with Crippen molar-refractivity contribution in [2.75, 3.05) is 13.1 Å². The highest BCUT2D eigenvalue weighted by Gasteiger charge is 2.19. The lowest BCUT2D eigenvalue weighted by Crippen LogP contribution is -2.50. The zero-order valence-corrected chi connectivity index (χ0v) is 13.2. The summed E-state index contributed by atoms with van der Waals surface area (Å²) < 4.78 is 0. The molecule has 0 radical (unpaired) electrons. The van der Waals surface area contributed by atoms with Crippen LogP contribution < -0.4 is 21.7 Å². The van der Waals surface area contributed by atoms with E-state index in [4.69, 9.17) is 5.73 Å². The second-order valence-corrected chi connectivity index (χ2v) is 4.92. The molecule has 8 heteroatoms. The number of aromatic nitrogens is 1. The monoisotopic (exact) mass is 321 g/mol. The lowest BCUT2D eigenvalue weighted by atomic mass is 10.2. The molecule has 0 aliphatic rings. The van der Waals surface area contributed by atoms with Gasteiger partial charge >= 0.3 is 6.03 Å². The maximum Gasteiger partial charge on any atom is 0.312 e. The largest absolute Gasteiger partial charge is 0.356 e. The number of rotatable bonds is 9. The van der Waals surface area contributed by atoms with Gasteiger partial charge in [-0.15, -0.1) is 0 Å². The van der Waals surface area contributed by atoms with Crippen LogP contribution in [0.15, 0.2) is 24.4 Å². The summed E-state index contributed by atoms with van der Waals surface area (Å²) in [5, 5.41) is 7.76. The Kier molecular flexibility index (Phi) is 8.12. The van der Waals surface area contributed by atoms with Crippen LogP contribution >= 0.6 is 0 Å². The van der Waals surface area contributed by atoms with E-state index in [9.17, 15) is 14.4 Å². The molecular formula is C15H23N5O3. The van der Waals surface area contributed by atoms with Crippen molar-refractivity contribution >= 4 is 17.8 Å². The Hall–Kier alpha value is -2.64. The molecule has 0 spiro atoms. The van der Waals surface area contributed by atoms with Crippen LogP contribution in [0.25, 0.3) is 0 Å². The van der Waals surface area contributed by atoms with Gasteiger partial charge in [0, 0.05) is 37.8 Å². The predicted octanol–water partition coefficient (Wildman–Crippen LogP) is -0.306. The van der Waals surface area contributed by atoms with Gasteiger partial charge < -0.3 is 21.7 Å². The van der Waals surface area contributed by atoms with Gasteiger partial charge in [0.25, 0.3) is 0 Å². The number of nitrogens with one attached hydrogen (secondary N) is 3. The summed E-state index contributed by atoms with van der Waals surface area (Å²) in [6.07, 6.45) is 2.90. The molecule has 126 valence electrons. The Bertz CT molecular complexity index is 521. The summed E-state index contributed by atoms with van der Waals surface area (Å²) in [6.45, 7) is 2.41. The maximum absolute atomic E-state index is 12.1. The van der Waals surface area contributed by atoms with Crippen molar-refractivity contribution in [1.82, 2.24) is 20.9 Å². The molecule has 0 saturated carbocycles. The normalized spacial score (nSPS) is 11.3. The Morgan fingerprint density at radius 3 is 2.61 bits per heavy atom. The molecule has 0 bridgehead atoms. The van der Waals surface area contributed by atoms with Crippen LogP contribution in [0, 0.1) is 0 Å². The van der Waals surface area contributed by atoms with E-state index in [0.29, 0.717) is 19.4 Å². The third-order valence-electron chi connectivity index (χ3n) is 3.12. The number of nitrogens with zero attached hydrogens (tertiary/aromatic N) is 1. The molecule has 1 aromatic heterocycles. The Morgan fingerprint density at radius 2 is 2.00 bits per heavy atom. The molecule has 0 aromatic carbocycles. The zero-order valence-electron chi connectivity index (χ0n) is 13.2. The fourth-order valence-corrected chi connectivity index (χ4v) is 1.90. The molecule has 0 aliphatic heterocycles. The molecule has 1 aromatic rings. The molecule has 4 amide bonds. The summed E-state index contributed by atoms with van der Waals surface area (Å²) in [5.74, 6) is -0.455. The molecule has 8 nitrogen and oxygen atoms in total. The van der Waals surface area contributed by atoms with Gasteiger partial charge in [-0.05, 0) is 18.6 Å². The number of carbonyl (C=O) groups is 3. The van der Waals surface area contributed by atoms with Crippen LogP contribution in [-0.4, -0.2) is 42.0 Å². The molecule has 1 atom stereocenters. The van der Waals surface area contributed by atoms with Gasteiger partial charge in [-0.1, -0.05) is 13.0 Å². The Labute approximate surface area is 135 Å². The van der Waals surface area contributed by atoms with Crippen molar-refractivity contribution in [3.05, 3.63) is 30.1 Å². The Morgan fingerprint density at radius 1 is 1.22 bits per heavy atom. The number of amides is 4. The SMILES string of the molecule is CCC(=O)NCCC(NC(N)=O)C(=O)NCCc1ccccn1. The van der Waals surface area contributed by atoms with Gasteiger partial charge in [0.15, 0.2) is 0 Å². The van der Waals surface area contributed by atoms with Gasteiger partial charge in [-0.3, -0.25) is 14.6 Å². The van der Waals surface area contributed by atoms with Crippen molar-refractivity contribution in [2.24, 2.45) is 5.73 Å². The number of pyridine rings is 1. The number of urea groups is 1. The molecule has 1 unspecified atom stereocenters. The van der Waals surface area contributed by atoms with Crippen LogP contribution in [0.1, 0.15) is 25.5 Å². The highest BCUT2D eigenvalue weighted by Crippen LogP contribution is 1.95. The first-order chi connectivity index (χ1) is 11.0. The molecule has 1 rings (SSSR count). The quantitative estimate of drug-likeness (QED) is 0.498. The third kappa shape index (κ3) is 7.79. The van der Waals surface area contributed by atoms with Crippen LogP contribution in [-0.2, 0) is 16.0 Å². The van der Waals surface area contributed by atoms with E-state index in [1.165, 1.54) is 0 Å². The van der Waals surface area contributed by atoms with Gasteiger partial charge in [-0.2, -0.15) is 0 Å². The molecule has 0 fully saturated rings. The average molecular weight is 321 g/mol. The van der Waals surface area contributed by atoms with Crippen LogP contribution in [0.2, 0.25) is 0 Å². The first-order valence-electron chi connectivity index (χ1n) is 7.53. The molecule has 0 saturated heterocycles. The van der Waals surface area contributed by atoms with Crippen molar-refractivity contribution < 1.29 is 14.4 Å². The van der Waals surface area contributed by atoms with E-state index < -0.39 is 12.1 Å². The van der Waals surface area contributed by atoms with E-state index in [-0.39, 0.29) is 24.8 Å². The summed E-state index contributed by atoms with van der Waals surface area (Å²) in [6, 6.07) is 3.99. The molecule has 23 heavy (non-hydrogen) atoms. The maximum atomic E-state index is 12.1. The first-order valence-corrected chi connectivity index (χ1v) is 7.53. The average Bonchev–Trinajstić information content (AvgIpc) is 2.54. The zero-order chi connectivity index (χ0) is 17.1. The minimum absolute atomic E-state index is 0.113. The summed E-state index contributed by atoms with van der Waals surface area (Å²) in [7, 11) is 0. The second-order valence-electron chi connectivity index (χ2n) is 4.92. The number of primary amides is 1. The van der Waals surface area contributed by atoms with Crippen molar-refractivity contribution in [3.8, 4) is 0 Å². The van der Waals surface area contributed by atoms with Crippen molar-refractivity contribution in [3.63, 3.8) is 0 Å². The lowest BCUT2D eigenvalue weighted by Gasteiger charge is -2.17. The van der Waals surface area contributed by atoms with Crippen LogP contribution in [0.4, 0.5) is 4.79 Å². The molecule has 1 heterocycles. The fourth-order valence-electron chi connectivity index (χ4n) is 1.90. The standard InChI is InChI=1S/C15H23N5O3/c1-2-13(21)18-10-7-12(20-15(16)23)14(22)19-9-6-11-5-3-4-8-17-11/h3-5,8,12H,2,6-7,9-10H2,1H3,(H,18,21)(H,19,22)(H3,16,20,23).